The fourth-order valence-corrected chi connectivity index (χ4v) is 1.62. The maximum atomic E-state index is 9.69. The van der Waals surface area contributed by atoms with Gasteiger partial charge in [-0.1, -0.05) is 11.6 Å². The van der Waals surface area contributed by atoms with Crippen LogP contribution in [0, 0.1) is 6.92 Å². The summed E-state index contributed by atoms with van der Waals surface area (Å²) in [6, 6.07) is 1.57. The second-order valence-corrected chi connectivity index (χ2v) is 3.24. The van der Waals surface area contributed by atoms with Gasteiger partial charge in [-0.15, -0.1) is 0 Å². The number of ether oxygens (including phenoxy) is 1. The van der Waals surface area contributed by atoms with Crippen LogP contribution >= 0.6 is 11.6 Å². The molecule has 0 saturated carbocycles. The van der Waals surface area contributed by atoms with Gasteiger partial charge in [0, 0.05) is 11.1 Å². The normalized spacial score (nSPS) is 10.3. The predicted molar refractivity (Wildman–Crippen MR) is 53.4 cm³/mol. The van der Waals surface area contributed by atoms with Crippen LogP contribution in [0.4, 0.5) is 0 Å². The molecule has 1 rings (SSSR count). The van der Waals surface area contributed by atoms with E-state index >= 15 is 0 Å². The topological polar surface area (TPSA) is 64.7 Å². The molecule has 5 heteroatoms. The Morgan fingerprint density at radius 3 is 2.71 bits per heavy atom. The number of phenols is 1. The number of phenolic OH excluding ortho intramolecular Hbond substituents is 1. The van der Waals surface area contributed by atoms with E-state index in [-0.39, 0.29) is 12.4 Å². The van der Waals surface area contributed by atoms with E-state index < -0.39 is 0 Å². The summed E-state index contributed by atoms with van der Waals surface area (Å²) in [4.78, 5) is 4.43. The zero-order valence-electron chi connectivity index (χ0n) is 8.00. The molecule has 0 aliphatic carbocycles. The lowest BCUT2D eigenvalue weighted by molar-refractivity contribution is 0.122. The molecule has 0 fully saturated rings. The Morgan fingerprint density at radius 2 is 2.21 bits per heavy atom. The van der Waals surface area contributed by atoms with E-state index in [4.69, 9.17) is 22.2 Å². The van der Waals surface area contributed by atoms with E-state index in [1.807, 2.05) is 0 Å². The molecule has 78 valence electrons. The number of halogens is 1. The van der Waals surface area contributed by atoms with E-state index in [0.717, 1.165) is 0 Å². The monoisotopic (exact) mass is 217 g/mol. The highest BCUT2D eigenvalue weighted by Gasteiger charge is 2.13. The molecule has 0 aromatic heterocycles. The van der Waals surface area contributed by atoms with Crippen LogP contribution in [0.2, 0.25) is 5.02 Å². The van der Waals surface area contributed by atoms with Crippen LogP contribution in [0.25, 0.3) is 0 Å². The summed E-state index contributed by atoms with van der Waals surface area (Å²) in [5.41, 5.74) is 1.11. The molecule has 0 unspecified atom stereocenters. The Balaban J connectivity index is 3.25. The smallest absolute Gasteiger partial charge is 0.144 e. The first-order valence-electron chi connectivity index (χ1n) is 3.98. The number of methoxy groups -OCH3 is 1. The van der Waals surface area contributed by atoms with Crippen LogP contribution in [0.15, 0.2) is 6.07 Å². The minimum atomic E-state index is 0.0942. The van der Waals surface area contributed by atoms with Crippen LogP contribution < -0.4 is 10.6 Å². The first-order chi connectivity index (χ1) is 6.61. The lowest BCUT2D eigenvalue weighted by atomic mass is 10.1. The van der Waals surface area contributed by atoms with E-state index in [2.05, 4.69) is 4.84 Å². The summed E-state index contributed by atoms with van der Waals surface area (Å²) in [6.45, 7) is 1.82. The van der Waals surface area contributed by atoms with Crippen molar-refractivity contribution < 1.29 is 14.7 Å². The summed E-state index contributed by atoms with van der Waals surface area (Å²) >= 11 is 5.91. The van der Waals surface area contributed by atoms with Crippen molar-refractivity contribution in [3.63, 3.8) is 0 Å². The average Bonchev–Trinajstić information content (AvgIpc) is 2.15. The van der Waals surface area contributed by atoms with Crippen LogP contribution in [0.1, 0.15) is 11.1 Å². The highest BCUT2D eigenvalue weighted by Crippen LogP contribution is 2.37. The first-order valence-corrected chi connectivity index (χ1v) is 4.36. The van der Waals surface area contributed by atoms with E-state index in [0.29, 0.717) is 21.9 Å². The van der Waals surface area contributed by atoms with Gasteiger partial charge in [0.1, 0.15) is 11.5 Å². The molecule has 0 atom stereocenters. The Bertz CT molecular complexity index is 341. The Labute approximate surface area is 87.1 Å². The highest BCUT2D eigenvalue weighted by atomic mass is 35.5. The van der Waals surface area contributed by atoms with Crippen molar-refractivity contribution in [2.75, 3.05) is 7.11 Å². The fourth-order valence-electron chi connectivity index (χ4n) is 1.26. The Morgan fingerprint density at radius 1 is 1.57 bits per heavy atom. The quantitative estimate of drug-likeness (QED) is 0.758. The number of benzene rings is 1. The highest BCUT2D eigenvalue weighted by molar-refractivity contribution is 6.32. The first kappa shape index (κ1) is 11.1. The fraction of sp³-hybridized carbons (Fsp3) is 0.333. The summed E-state index contributed by atoms with van der Waals surface area (Å²) in [5.74, 6) is 5.47. The lowest BCUT2D eigenvalue weighted by Gasteiger charge is -2.12. The van der Waals surface area contributed by atoms with Crippen LogP contribution in [-0.2, 0) is 11.4 Å². The number of aromatic hydroxyl groups is 1. The minimum absolute atomic E-state index is 0.0942. The number of nitrogens with two attached hydrogens (primary N) is 1. The zero-order chi connectivity index (χ0) is 10.7. The molecule has 0 aliphatic heterocycles. The molecule has 0 heterocycles. The second kappa shape index (κ2) is 4.50. The van der Waals surface area contributed by atoms with Crippen LogP contribution in [-0.4, -0.2) is 12.2 Å². The average molecular weight is 218 g/mol. The largest absolute Gasteiger partial charge is 0.507 e. The number of hydrogen-bond donors (Lipinski definition) is 2. The maximum absolute atomic E-state index is 9.69. The molecule has 0 saturated heterocycles. The van der Waals surface area contributed by atoms with Crippen molar-refractivity contribution >= 4 is 11.6 Å². The van der Waals surface area contributed by atoms with E-state index in [1.165, 1.54) is 7.11 Å². The third-order valence-corrected chi connectivity index (χ3v) is 2.24. The van der Waals surface area contributed by atoms with Crippen LogP contribution in [0.5, 0.6) is 11.5 Å². The molecule has 3 N–H and O–H groups in total. The Kier molecular flexibility index (Phi) is 3.57. The standard InChI is InChI=1S/C9H12ClNO3/c1-5-8(12)6(4-14-11)3-7(10)9(5)13-2/h3,12H,4,11H2,1-2H3. The predicted octanol–water partition coefficient (Wildman–Crippen LogP) is 1.75. The number of hydrogen-bond acceptors (Lipinski definition) is 4. The third kappa shape index (κ3) is 1.92. The molecule has 0 bridgehead atoms. The lowest BCUT2D eigenvalue weighted by Crippen LogP contribution is -2.01. The van der Waals surface area contributed by atoms with E-state index in [9.17, 15) is 5.11 Å². The molecule has 0 aliphatic rings. The molecule has 0 radical (unpaired) electrons. The van der Waals surface area contributed by atoms with Gasteiger partial charge in [-0.2, -0.15) is 0 Å². The van der Waals surface area contributed by atoms with E-state index in [1.54, 1.807) is 13.0 Å². The molecule has 1 aromatic carbocycles. The van der Waals surface area contributed by atoms with Gasteiger partial charge in [-0.3, -0.25) is 4.84 Å². The van der Waals surface area contributed by atoms with Gasteiger partial charge in [0.2, 0.25) is 0 Å². The zero-order valence-corrected chi connectivity index (χ0v) is 8.76. The summed E-state index contributed by atoms with van der Waals surface area (Å²) in [7, 11) is 1.49. The van der Waals surface area contributed by atoms with Gasteiger partial charge in [-0.05, 0) is 13.0 Å². The van der Waals surface area contributed by atoms with Gasteiger partial charge >= 0.3 is 0 Å². The summed E-state index contributed by atoms with van der Waals surface area (Å²) in [6.07, 6.45) is 0. The van der Waals surface area contributed by atoms with Gasteiger partial charge in [0.15, 0.2) is 0 Å². The molecule has 1 aromatic rings. The summed E-state index contributed by atoms with van der Waals surface area (Å²) in [5, 5.41) is 10.1. The van der Waals surface area contributed by atoms with Crippen molar-refractivity contribution in [3.8, 4) is 11.5 Å². The van der Waals surface area contributed by atoms with Crippen molar-refractivity contribution in [1.82, 2.24) is 0 Å². The third-order valence-electron chi connectivity index (χ3n) is 1.96. The summed E-state index contributed by atoms with van der Waals surface area (Å²) < 4.78 is 5.03. The Hall–Kier alpha value is -0.970. The second-order valence-electron chi connectivity index (χ2n) is 2.84. The minimum Gasteiger partial charge on any atom is -0.507 e. The van der Waals surface area contributed by atoms with Crippen molar-refractivity contribution in [1.29, 1.82) is 0 Å². The van der Waals surface area contributed by atoms with Crippen molar-refractivity contribution in [3.05, 3.63) is 22.2 Å². The molecular formula is C9H12ClNO3. The number of rotatable bonds is 3. The van der Waals surface area contributed by atoms with Crippen LogP contribution in [0.3, 0.4) is 0 Å². The van der Waals surface area contributed by atoms with Gasteiger partial charge < -0.3 is 9.84 Å². The van der Waals surface area contributed by atoms with Crippen molar-refractivity contribution in [2.24, 2.45) is 5.90 Å². The van der Waals surface area contributed by atoms with Gasteiger partial charge in [0.25, 0.3) is 0 Å². The molecule has 0 spiro atoms. The maximum Gasteiger partial charge on any atom is 0.144 e. The molecule has 0 amide bonds. The molecular weight excluding hydrogens is 206 g/mol. The molecule has 14 heavy (non-hydrogen) atoms. The van der Waals surface area contributed by atoms with Gasteiger partial charge in [0.05, 0.1) is 18.7 Å². The SMILES string of the molecule is COc1c(Cl)cc(CON)c(O)c1C. The molecule has 4 nitrogen and oxygen atoms in total. The van der Waals surface area contributed by atoms with Crippen molar-refractivity contribution in [2.45, 2.75) is 13.5 Å². The van der Waals surface area contributed by atoms with Gasteiger partial charge in [-0.25, -0.2) is 5.90 Å².